The molecule has 1 aromatic heterocycles. The van der Waals surface area contributed by atoms with Gasteiger partial charge in [0.1, 0.15) is 0 Å². The van der Waals surface area contributed by atoms with Gasteiger partial charge in [-0.1, -0.05) is 6.07 Å². The monoisotopic (exact) mass is 292 g/mol. The van der Waals surface area contributed by atoms with Gasteiger partial charge in [0.25, 0.3) is 0 Å². The first kappa shape index (κ1) is 13.5. The smallest absolute Gasteiger partial charge is 0.243 e. The number of aryl methyl sites for hydroxylation is 1. The highest BCUT2D eigenvalue weighted by atomic mass is 32.2. The van der Waals surface area contributed by atoms with Crippen LogP contribution in [0.2, 0.25) is 0 Å². The summed E-state index contributed by atoms with van der Waals surface area (Å²) in [6.07, 6.45) is 1.58. The molecule has 1 saturated heterocycles. The highest BCUT2D eigenvalue weighted by Gasteiger charge is 2.32. The van der Waals surface area contributed by atoms with Crippen LogP contribution < -0.4 is 0 Å². The number of aromatic nitrogens is 1. The number of rotatable bonds is 2. The number of fused-ring (bicyclic) bond motifs is 1. The van der Waals surface area contributed by atoms with Gasteiger partial charge in [-0.25, -0.2) is 8.42 Å². The molecule has 3 rings (SSSR count). The standard InChI is InChI=1S/C14H16N2O3S/c1-10-4-5-13(12-3-2-7-15-14(10)12)20(18,19)16-8-6-11(17)9-16/h2-5,7,11,17H,6,8-9H2,1H3. The number of sulfonamides is 1. The molecule has 6 heteroatoms. The van der Waals surface area contributed by atoms with Gasteiger partial charge in [-0.3, -0.25) is 4.98 Å². The Labute approximate surface area is 117 Å². The van der Waals surface area contributed by atoms with Crippen molar-refractivity contribution in [3.63, 3.8) is 0 Å². The molecule has 0 amide bonds. The van der Waals surface area contributed by atoms with Crippen molar-refractivity contribution >= 4 is 20.9 Å². The van der Waals surface area contributed by atoms with Crippen LogP contribution in [0.15, 0.2) is 35.4 Å². The van der Waals surface area contributed by atoms with Gasteiger partial charge >= 0.3 is 0 Å². The Morgan fingerprint density at radius 2 is 2.15 bits per heavy atom. The van der Waals surface area contributed by atoms with Gasteiger partial charge in [0, 0.05) is 24.7 Å². The Morgan fingerprint density at radius 1 is 1.35 bits per heavy atom. The van der Waals surface area contributed by atoms with Gasteiger partial charge in [-0.2, -0.15) is 4.31 Å². The summed E-state index contributed by atoms with van der Waals surface area (Å²) in [7, 11) is -3.58. The number of hydrogen-bond donors (Lipinski definition) is 1. The quantitative estimate of drug-likeness (QED) is 0.905. The fraction of sp³-hybridized carbons (Fsp3) is 0.357. The van der Waals surface area contributed by atoms with E-state index in [4.69, 9.17) is 0 Å². The van der Waals surface area contributed by atoms with Crippen molar-refractivity contribution in [3.05, 3.63) is 36.0 Å². The Morgan fingerprint density at radius 3 is 2.85 bits per heavy atom. The van der Waals surface area contributed by atoms with Crippen LogP contribution in [0.5, 0.6) is 0 Å². The Bertz CT molecular complexity index is 758. The predicted octanol–water partition coefficient (Wildman–Crippen LogP) is 1.30. The van der Waals surface area contributed by atoms with Gasteiger partial charge in [-0.05, 0) is 37.1 Å². The van der Waals surface area contributed by atoms with E-state index in [0.717, 1.165) is 5.56 Å². The molecule has 1 atom stereocenters. The van der Waals surface area contributed by atoms with E-state index in [1.165, 1.54) is 4.31 Å². The van der Waals surface area contributed by atoms with Crippen molar-refractivity contribution in [2.24, 2.45) is 0 Å². The average molecular weight is 292 g/mol. The molecule has 1 fully saturated rings. The number of β-amino-alcohol motifs (C(OH)–C–C–N with tert-alkyl or cyclic N) is 1. The second-order valence-corrected chi connectivity index (χ2v) is 6.99. The number of nitrogens with zero attached hydrogens (tertiary/aromatic N) is 2. The summed E-state index contributed by atoms with van der Waals surface area (Å²) in [6.45, 7) is 2.43. The Hall–Kier alpha value is -1.50. The molecule has 0 aliphatic carbocycles. The van der Waals surface area contributed by atoms with Crippen molar-refractivity contribution in [1.29, 1.82) is 0 Å². The molecule has 1 aliphatic rings. The molecule has 1 unspecified atom stereocenters. The van der Waals surface area contributed by atoms with Crippen LogP contribution in [0.4, 0.5) is 0 Å². The second kappa shape index (κ2) is 4.80. The van der Waals surface area contributed by atoms with Crippen LogP contribution in [-0.4, -0.2) is 42.0 Å². The molecule has 106 valence electrons. The maximum absolute atomic E-state index is 12.7. The van der Waals surface area contributed by atoms with Gasteiger partial charge in [0.15, 0.2) is 0 Å². The zero-order valence-electron chi connectivity index (χ0n) is 11.2. The highest BCUT2D eigenvalue weighted by Crippen LogP contribution is 2.28. The summed E-state index contributed by atoms with van der Waals surface area (Å²) < 4.78 is 26.7. The Kier molecular flexibility index (Phi) is 3.24. The van der Waals surface area contributed by atoms with Crippen molar-refractivity contribution in [1.82, 2.24) is 9.29 Å². The third-order valence-corrected chi connectivity index (χ3v) is 5.60. The maximum Gasteiger partial charge on any atom is 0.243 e. The van der Waals surface area contributed by atoms with Crippen molar-refractivity contribution in [2.45, 2.75) is 24.3 Å². The lowest BCUT2D eigenvalue weighted by molar-refractivity contribution is 0.189. The minimum Gasteiger partial charge on any atom is -0.392 e. The lowest BCUT2D eigenvalue weighted by Gasteiger charge is -2.17. The molecule has 5 nitrogen and oxygen atoms in total. The lowest BCUT2D eigenvalue weighted by atomic mass is 10.1. The van der Waals surface area contributed by atoms with Crippen molar-refractivity contribution in [2.75, 3.05) is 13.1 Å². The summed E-state index contributed by atoms with van der Waals surface area (Å²) in [6, 6.07) is 6.91. The number of aliphatic hydroxyl groups excluding tert-OH is 1. The first-order valence-corrected chi connectivity index (χ1v) is 7.97. The van der Waals surface area contributed by atoms with E-state index < -0.39 is 16.1 Å². The molecule has 0 radical (unpaired) electrons. The van der Waals surface area contributed by atoms with Crippen molar-refractivity contribution < 1.29 is 13.5 Å². The topological polar surface area (TPSA) is 70.5 Å². The van der Waals surface area contributed by atoms with E-state index in [1.807, 2.05) is 6.92 Å². The number of pyridine rings is 1. The van der Waals surface area contributed by atoms with Crippen molar-refractivity contribution in [3.8, 4) is 0 Å². The average Bonchev–Trinajstić information content (AvgIpc) is 2.87. The van der Waals surface area contributed by atoms with E-state index in [0.29, 0.717) is 23.9 Å². The molecular weight excluding hydrogens is 276 g/mol. The van der Waals surface area contributed by atoms with E-state index in [9.17, 15) is 13.5 Å². The summed E-state index contributed by atoms with van der Waals surface area (Å²) in [5.74, 6) is 0. The second-order valence-electron chi connectivity index (χ2n) is 5.09. The van der Waals surface area contributed by atoms with Crippen LogP contribution >= 0.6 is 0 Å². The van der Waals surface area contributed by atoms with E-state index in [1.54, 1.807) is 30.5 Å². The van der Waals surface area contributed by atoms with Crippen LogP contribution in [0.3, 0.4) is 0 Å². The fourth-order valence-corrected chi connectivity index (χ4v) is 4.26. The zero-order valence-corrected chi connectivity index (χ0v) is 12.0. The van der Waals surface area contributed by atoms with Gasteiger partial charge in [0.05, 0.1) is 16.5 Å². The van der Waals surface area contributed by atoms with Crippen LogP contribution in [0, 0.1) is 6.92 Å². The molecule has 20 heavy (non-hydrogen) atoms. The number of benzene rings is 1. The zero-order chi connectivity index (χ0) is 14.3. The number of hydrogen-bond acceptors (Lipinski definition) is 4. The van der Waals surface area contributed by atoms with E-state index >= 15 is 0 Å². The van der Waals surface area contributed by atoms with Crippen LogP contribution in [0.25, 0.3) is 10.9 Å². The van der Waals surface area contributed by atoms with Gasteiger partial charge < -0.3 is 5.11 Å². The van der Waals surface area contributed by atoms with Gasteiger partial charge in [-0.15, -0.1) is 0 Å². The summed E-state index contributed by atoms with van der Waals surface area (Å²) >= 11 is 0. The Balaban J connectivity index is 2.17. The number of aliphatic hydroxyl groups is 1. The molecule has 0 spiro atoms. The first-order chi connectivity index (χ1) is 9.50. The minimum absolute atomic E-state index is 0.165. The molecule has 1 aromatic carbocycles. The van der Waals surface area contributed by atoms with Crippen LogP contribution in [-0.2, 0) is 10.0 Å². The highest BCUT2D eigenvalue weighted by molar-refractivity contribution is 7.89. The predicted molar refractivity (Wildman–Crippen MR) is 75.9 cm³/mol. The molecule has 2 aromatic rings. The molecule has 2 heterocycles. The third-order valence-electron chi connectivity index (χ3n) is 3.68. The fourth-order valence-electron chi connectivity index (χ4n) is 2.58. The third kappa shape index (κ3) is 2.09. The largest absolute Gasteiger partial charge is 0.392 e. The normalized spacial score (nSPS) is 20.6. The van der Waals surface area contributed by atoms with Crippen LogP contribution in [0.1, 0.15) is 12.0 Å². The summed E-state index contributed by atoms with van der Waals surface area (Å²) in [5.41, 5.74) is 1.65. The van der Waals surface area contributed by atoms with Gasteiger partial charge in [0.2, 0.25) is 10.0 Å². The summed E-state index contributed by atoms with van der Waals surface area (Å²) in [4.78, 5) is 4.53. The summed E-state index contributed by atoms with van der Waals surface area (Å²) in [5, 5.41) is 10.2. The van der Waals surface area contributed by atoms with E-state index in [2.05, 4.69) is 4.98 Å². The SMILES string of the molecule is Cc1ccc(S(=O)(=O)N2CCC(O)C2)c2cccnc12. The van der Waals surface area contributed by atoms with E-state index in [-0.39, 0.29) is 11.4 Å². The molecule has 0 bridgehead atoms. The molecule has 1 N–H and O–H groups in total. The molecule has 1 aliphatic heterocycles. The first-order valence-electron chi connectivity index (χ1n) is 6.53. The minimum atomic E-state index is -3.58. The lowest BCUT2D eigenvalue weighted by Crippen LogP contribution is -2.29. The maximum atomic E-state index is 12.7. The molecule has 0 saturated carbocycles. The molecular formula is C14H16N2O3S.